The molecule has 0 unspecified atom stereocenters. The SMILES string of the molecule is CC(=O)N(CCC(=O)N1CCN(C)CC1)CCc1ccccc1. The number of amides is 2. The zero-order valence-corrected chi connectivity index (χ0v) is 14.2. The van der Waals surface area contributed by atoms with Gasteiger partial charge in [0.25, 0.3) is 0 Å². The predicted octanol–water partition coefficient (Wildman–Crippen LogP) is 1.24. The second kappa shape index (κ2) is 8.67. The highest BCUT2D eigenvalue weighted by molar-refractivity contribution is 5.78. The molecule has 0 aromatic heterocycles. The van der Waals surface area contributed by atoms with Gasteiger partial charge in [-0.05, 0) is 19.0 Å². The molecule has 1 saturated heterocycles. The molecule has 2 rings (SSSR count). The molecule has 0 bridgehead atoms. The van der Waals surface area contributed by atoms with Crippen molar-refractivity contribution in [1.29, 1.82) is 0 Å². The van der Waals surface area contributed by atoms with Crippen molar-refractivity contribution in [3.8, 4) is 0 Å². The molecule has 1 heterocycles. The monoisotopic (exact) mass is 317 g/mol. The van der Waals surface area contributed by atoms with E-state index in [0.29, 0.717) is 19.5 Å². The lowest BCUT2D eigenvalue weighted by molar-refractivity contribution is -0.134. The van der Waals surface area contributed by atoms with Crippen LogP contribution in [0.5, 0.6) is 0 Å². The van der Waals surface area contributed by atoms with E-state index in [2.05, 4.69) is 24.1 Å². The lowest BCUT2D eigenvalue weighted by Crippen LogP contribution is -2.48. The van der Waals surface area contributed by atoms with Gasteiger partial charge >= 0.3 is 0 Å². The zero-order valence-electron chi connectivity index (χ0n) is 14.2. The van der Waals surface area contributed by atoms with Gasteiger partial charge < -0.3 is 14.7 Å². The van der Waals surface area contributed by atoms with Crippen LogP contribution < -0.4 is 0 Å². The van der Waals surface area contributed by atoms with Gasteiger partial charge in [-0.1, -0.05) is 30.3 Å². The highest BCUT2D eigenvalue weighted by Crippen LogP contribution is 2.05. The van der Waals surface area contributed by atoms with Crippen molar-refractivity contribution in [1.82, 2.24) is 14.7 Å². The number of rotatable bonds is 6. The number of hydrogen-bond acceptors (Lipinski definition) is 3. The lowest BCUT2D eigenvalue weighted by Gasteiger charge is -2.33. The van der Waals surface area contributed by atoms with Crippen LogP contribution in [-0.2, 0) is 16.0 Å². The molecule has 1 aliphatic heterocycles. The third-order valence-electron chi connectivity index (χ3n) is 4.41. The molecule has 0 aliphatic carbocycles. The summed E-state index contributed by atoms with van der Waals surface area (Å²) >= 11 is 0. The Bertz CT molecular complexity index is 510. The fourth-order valence-corrected chi connectivity index (χ4v) is 2.78. The van der Waals surface area contributed by atoms with E-state index in [4.69, 9.17) is 0 Å². The molecule has 1 fully saturated rings. The van der Waals surface area contributed by atoms with Gasteiger partial charge in [-0.2, -0.15) is 0 Å². The standard InChI is InChI=1S/C18H27N3O2/c1-16(22)20(10-8-17-6-4-3-5-7-17)11-9-18(23)21-14-12-19(2)13-15-21/h3-7H,8-15H2,1-2H3. The van der Waals surface area contributed by atoms with Crippen molar-refractivity contribution in [2.45, 2.75) is 19.8 Å². The van der Waals surface area contributed by atoms with Gasteiger partial charge in [0.2, 0.25) is 11.8 Å². The first-order chi connectivity index (χ1) is 11.1. The Hall–Kier alpha value is -1.88. The Morgan fingerprint density at radius 3 is 2.30 bits per heavy atom. The van der Waals surface area contributed by atoms with Gasteiger partial charge in [-0.15, -0.1) is 0 Å². The van der Waals surface area contributed by atoms with Crippen LogP contribution in [0.1, 0.15) is 18.9 Å². The van der Waals surface area contributed by atoms with E-state index in [1.165, 1.54) is 5.56 Å². The normalized spacial score (nSPS) is 15.5. The van der Waals surface area contributed by atoms with Crippen LogP contribution in [0.4, 0.5) is 0 Å². The Labute approximate surface area is 138 Å². The van der Waals surface area contributed by atoms with Gasteiger partial charge in [0.1, 0.15) is 0 Å². The Kier molecular flexibility index (Phi) is 6.59. The first kappa shape index (κ1) is 17.5. The fourth-order valence-electron chi connectivity index (χ4n) is 2.78. The van der Waals surface area contributed by atoms with Crippen LogP contribution in [0.25, 0.3) is 0 Å². The summed E-state index contributed by atoms with van der Waals surface area (Å²) in [5.41, 5.74) is 1.21. The minimum Gasteiger partial charge on any atom is -0.342 e. The van der Waals surface area contributed by atoms with Crippen molar-refractivity contribution in [3.63, 3.8) is 0 Å². The summed E-state index contributed by atoms with van der Waals surface area (Å²) < 4.78 is 0. The maximum Gasteiger partial charge on any atom is 0.224 e. The van der Waals surface area contributed by atoms with Crippen LogP contribution in [0.2, 0.25) is 0 Å². The number of likely N-dealkylation sites (N-methyl/N-ethyl adjacent to an activating group) is 1. The van der Waals surface area contributed by atoms with Crippen molar-refractivity contribution in [2.75, 3.05) is 46.3 Å². The van der Waals surface area contributed by atoms with Gasteiger partial charge in [0, 0.05) is 52.6 Å². The minimum atomic E-state index is 0.0344. The van der Waals surface area contributed by atoms with Crippen LogP contribution in [0.15, 0.2) is 30.3 Å². The maximum atomic E-state index is 12.3. The Balaban J connectivity index is 1.78. The second-order valence-corrected chi connectivity index (χ2v) is 6.18. The van der Waals surface area contributed by atoms with Crippen LogP contribution >= 0.6 is 0 Å². The Morgan fingerprint density at radius 1 is 1.04 bits per heavy atom. The largest absolute Gasteiger partial charge is 0.342 e. The predicted molar refractivity (Wildman–Crippen MR) is 91.1 cm³/mol. The molecular weight excluding hydrogens is 290 g/mol. The van der Waals surface area contributed by atoms with Crippen molar-refractivity contribution in [2.24, 2.45) is 0 Å². The first-order valence-electron chi connectivity index (χ1n) is 8.32. The molecule has 1 aliphatic rings. The van der Waals surface area contributed by atoms with E-state index in [-0.39, 0.29) is 11.8 Å². The molecule has 0 radical (unpaired) electrons. The summed E-state index contributed by atoms with van der Waals surface area (Å²) in [6.45, 7) is 6.18. The van der Waals surface area contributed by atoms with E-state index in [0.717, 1.165) is 32.6 Å². The van der Waals surface area contributed by atoms with Gasteiger partial charge in [0.15, 0.2) is 0 Å². The number of nitrogens with zero attached hydrogens (tertiary/aromatic N) is 3. The lowest BCUT2D eigenvalue weighted by atomic mass is 10.1. The number of benzene rings is 1. The third kappa shape index (κ3) is 5.67. The molecule has 0 spiro atoms. The highest BCUT2D eigenvalue weighted by Gasteiger charge is 2.20. The van der Waals surface area contributed by atoms with Crippen molar-refractivity contribution >= 4 is 11.8 Å². The van der Waals surface area contributed by atoms with E-state index < -0.39 is 0 Å². The van der Waals surface area contributed by atoms with Gasteiger partial charge in [-0.3, -0.25) is 9.59 Å². The smallest absolute Gasteiger partial charge is 0.224 e. The molecular formula is C18H27N3O2. The van der Waals surface area contributed by atoms with E-state index in [9.17, 15) is 9.59 Å². The summed E-state index contributed by atoms with van der Waals surface area (Å²) in [5.74, 6) is 0.191. The second-order valence-electron chi connectivity index (χ2n) is 6.18. The van der Waals surface area contributed by atoms with Crippen LogP contribution in [0.3, 0.4) is 0 Å². The van der Waals surface area contributed by atoms with Gasteiger partial charge in [-0.25, -0.2) is 0 Å². The quantitative estimate of drug-likeness (QED) is 0.793. The van der Waals surface area contributed by atoms with E-state index in [1.807, 2.05) is 23.1 Å². The minimum absolute atomic E-state index is 0.0344. The molecule has 23 heavy (non-hydrogen) atoms. The first-order valence-corrected chi connectivity index (χ1v) is 8.32. The van der Waals surface area contributed by atoms with E-state index in [1.54, 1.807) is 11.8 Å². The molecule has 0 saturated carbocycles. The Morgan fingerprint density at radius 2 is 1.70 bits per heavy atom. The molecule has 0 atom stereocenters. The summed E-state index contributed by atoms with van der Waals surface area (Å²) in [4.78, 5) is 30.0. The maximum absolute atomic E-state index is 12.3. The van der Waals surface area contributed by atoms with Gasteiger partial charge in [0.05, 0.1) is 0 Å². The average Bonchev–Trinajstić information content (AvgIpc) is 2.56. The zero-order chi connectivity index (χ0) is 16.7. The summed E-state index contributed by atoms with van der Waals surface area (Å²) in [7, 11) is 2.07. The number of hydrogen-bond donors (Lipinski definition) is 0. The van der Waals surface area contributed by atoms with Crippen LogP contribution in [0, 0.1) is 0 Å². The molecule has 1 aromatic rings. The van der Waals surface area contributed by atoms with Crippen LogP contribution in [-0.4, -0.2) is 72.8 Å². The van der Waals surface area contributed by atoms with E-state index >= 15 is 0 Å². The molecule has 5 heteroatoms. The summed E-state index contributed by atoms with van der Waals surface area (Å²) in [6, 6.07) is 10.1. The molecule has 1 aromatic carbocycles. The molecule has 5 nitrogen and oxygen atoms in total. The highest BCUT2D eigenvalue weighted by atomic mass is 16.2. The number of piperazine rings is 1. The number of carbonyl (C=O) groups is 2. The number of carbonyl (C=O) groups excluding carboxylic acids is 2. The molecule has 126 valence electrons. The summed E-state index contributed by atoms with van der Waals surface area (Å²) in [6.07, 6.45) is 1.24. The fraction of sp³-hybridized carbons (Fsp3) is 0.556. The molecule has 0 N–H and O–H groups in total. The topological polar surface area (TPSA) is 43.9 Å². The van der Waals surface area contributed by atoms with Crippen molar-refractivity contribution < 1.29 is 9.59 Å². The summed E-state index contributed by atoms with van der Waals surface area (Å²) in [5, 5.41) is 0. The van der Waals surface area contributed by atoms with Crippen molar-refractivity contribution in [3.05, 3.63) is 35.9 Å². The average molecular weight is 317 g/mol. The third-order valence-corrected chi connectivity index (χ3v) is 4.41. The molecule has 2 amide bonds.